The molecule has 1 saturated carbocycles. The standard InChI is InChI=1S/C26H35ClN2O/c1-20-12-15-29(17-20)18-23(26(28)13-6-3-7-14-26)22-10-11-25(24(27)16-22)30-19-21-8-4-2-5-9-21/h2,4-5,8-11,16,20,23H,3,6-7,12-15,17-19,28H2,1H3/t20-,23?/m0/s1. The van der Waals surface area contributed by atoms with Gasteiger partial charge >= 0.3 is 0 Å². The molecule has 2 fully saturated rings. The van der Waals surface area contributed by atoms with Gasteiger partial charge in [0.2, 0.25) is 0 Å². The molecule has 3 nitrogen and oxygen atoms in total. The SMILES string of the molecule is C[C@H]1CCN(CC(c2ccc(OCc3ccccc3)c(Cl)c2)C2(N)CCCCC2)C1. The largest absolute Gasteiger partial charge is 0.487 e. The van der Waals surface area contributed by atoms with E-state index in [9.17, 15) is 0 Å². The fourth-order valence-corrected chi connectivity index (χ4v) is 5.46. The average Bonchev–Trinajstić information content (AvgIpc) is 3.17. The Balaban J connectivity index is 1.52. The van der Waals surface area contributed by atoms with E-state index in [0.29, 0.717) is 17.5 Å². The molecule has 2 N–H and O–H groups in total. The highest BCUT2D eigenvalue weighted by Gasteiger charge is 2.39. The molecular formula is C26H35ClN2O. The maximum Gasteiger partial charge on any atom is 0.138 e. The highest BCUT2D eigenvalue weighted by molar-refractivity contribution is 6.32. The molecule has 1 aliphatic heterocycles. The molecule has 0 radical (unpaired) electrons. The lowest BCUT2D eigenvalue weighted by molar-refractivity contribution is 0.194. The lowest BCUT2D eigenvalue weighted by atomic mass is 9.70. The van der Waals surface area contributed by atoms with E-state index in [0.717, 1.165) is 36.6 Å². The summed E-state index contributed by atoms with van der Waals surface area (Å²) in [7, 11) is 0. The number of ether oxygens (including phenoxy) is 1. The Morgan fingerprint density at radius 1 is 1.13 bits per heavy atom. The summed E-state index contributed by atoms with van der Waals surface area (Å²) >= 11 is 6.68. The van der Waals surface area contributed by atoms with Crippen LogP contribution in [0.25, 0.3) is 0 Å². The van der Waals surface area contributed by atoms with E-state index in [4.69, 9.17) is 22.1 Å². The van der Waals surface area contributed by atoms with Crippen molar-refractivity contribution in [2.75, 3.05) is 19.6 Å². The lowest BCUT2D eigenvalue weighted by Gasteiger charge is -2.42. The molecule has 1 heterocycles. The van der Waals surface area contributed by atoms with E-state index in [2.05, 4.69) is 36.1 Å². The zero-order chi connectivity index (χ0) is 21.0. The van der Waals surface area contributed by atoms with Crippen molar-refractivity contribution in [1.29, 1.82) is 0 Å². The number of nitrogens with zero attached hydrogens (tertiary/aromatic N) is 1. The Bertz CT molecular complexity index is 819. The highest BCUT2D eigenvalue weighted by Crippen LogP contribution is 2.41. The zero-order valence-electron chi connectivity index (χ0n) is 18.2. The Morgan fingerprint density at radius 3 is 2.57 bits per heavy atom. The van der Waals surface area contributed by atoms with Gasteiger partial charge in [0, 0.05) is 24.5 Å². The van der Waals surface area contributed by atoms with Crippen LogP contribution in [0.5, 0.6) is 5.75 Å². The van der Waals surface area contributed by atoms with Gasteiger partial charge in [0.1, 0.15) is 12.4 Å². The first kappa shape index (κ1) is 21.7. The summed E-state index contributed by atoms with van der Waals surface area (Å²) in [5.74, 6) is 1.83. The van der Waals surface area contributed by atoms with Gasteiger partial charge in [0.05, 0.1) is 5.02 Å². The molecule has 2 aromatic rings. The topological polar surface area (TPSA) is 38.5 Å². The van der Waals surface area contributed by atoms with Crippen molar-refractivity contribution in [2.45, 2.75) is 63.5 Å². The van der Waals surface area contributed by atoms with E-state index in [-0.39, 0.29) is 5.54 Å². The van der Waals surface area contributed by atoms with Crippen LogP contribution in [0.1, 0.15) is 62.5 Å². The smallest absolute Gasteiger partial charge is 0.138 e. The van der Waals surface area contributed by atoms with Crippen LogP contribution < -0.4 is 10.5 Å². The first-order chi connectivity index (χ1) is 14.5. The van der Waals surface area contributed by atoms with Gasteiger partial charge in [0.15, 0.2) is 0 Å². The molecule has 0 spiro atoms. The van der Waals surface area contributed by atoms with Crippen LogP contribution in [0, 0.1) is 5.92 Å². The van der Waals surface area contributed by atoms with Gasteiger partial charge in [-0.25, -0.2) is 0 Å². The summed E-state index contributed by atoms with van der Waals surface area (Å²) in [6, 6.07) is 16.5. The second kappa shape index (κ2) is 9.72. The summed E-state index contributed by atoms with van der Waals surface area (Å²) in [6.45, 7) is 6.26. The van der Waals surface area contributed by atoms with Gasteiger partial charge in [-0.05, 0) is 55.0 Å². The van der Waals surface area contributed by atoms with Crippen LogP contribution in [0.15, 0.2) is 48.5 Å². The predicted molar refractivity (Wildman–Crippen MR) is 125 cm³/mol. The quantitative estimate of drug-likeness (QED) is 0.589. The summed E-state index contributed by atoms with van der Waals surface area (Å²) in [5.41, 5.74) is 9.33. The number of hydrogen-bond donors (Lipinski definition) is 1. The Morgan fingerprint density at radius 2 is 1.90 bits per heavy atom. The summed E-state index contributed by atoms with van der Waals surface area (Å²) in [5, 5.41) is 0.683. The Kier molecular flexibility index (Phi) is 7.02. The third kappa shape index (κ3) is 5.19. The number of hydrogen-bond acceptors (Lipinski definition) is 3. The van der Waals surface area contributed by atoms with Crippen LogP contribution in [0.2, 0.25) is 5.02 Å². The van der Waals surface area contributed by atoms with Gasteiger partial charge < -0.3 is 15.4 Å². The summed E-state index contributed by atoms with van der Waals surface area (Å²) in [6.07, 6.45) is 7.26. The Hall–Kier alpha value is -1.55. The number of likely N-dealkylation sites (tertiary alicyclic amines) is 1. The second-order valence-corrected chi connectivity index (χ2v) is 9.87. The first-order valence-corrected chi connectivity index (χ1v) is 11.9. The molecule has 1 unspecified atom stereocenters. The van der Waals surface area contributed by atoms with Crippen molar-refractivity contribution in [2.24, 2.45) is 11.7 Å². The maximum atomic E-state index is 7.07. The number of rotatable bonds is 7. The summed E-state index contributed by atoms with van der Waals surface area (Å²) < 4.78 is 6.00. The van der Waals surface area contributed by atoms with Crippen molar-refractivity contribution >= 4 is 11.6 Å². The monoisotopic (exact) mass is 426 g/mol. The normalized spacial score (nSPS) is 22.7. The zero-order valence-corrected chi connectivity index (χ0v) is 18.9. The van der Waals surface area contributed by atoms with Crippen LogP contribution in [-0.4, -0.2) is 30.1 Å². The highest BCUT2D eigenvalue weighted by atomic mass is 35.5. The van der Waals surface area contributed by atoms with E-state index in [1.54, 1.807) is 0 Å². The lowest BCUT2D eigenvalue weighted by Crippen LogP contribution is -2.50. The van der Waals surface area contributed by atoms with E-state index >= 15 is 0 Å². The molecule has 30 heavy (non-hydrogen) atoms. The number of nitrogens with two attached hydrogens (primary N) is 1. The molecule has 1 aliphatic carbocycles. The van der Waals surface area contributed by atoms with E-state index in [1.165, 1.54) is 44.3 Å². The van der Waals surface area contributed by atoms with Gasteiger partial charge in [-0.1, -0.05) is 74.2 Å². The van der Waals surface area contributed by atoms with Crippen LogP contribution in [0.3, 0.4) is 0 Å². The van der Waals surface area contributed by atoms with Gasteiger partial charge in [-0.3, -0.25) is 0 Å². The molecule has 2 aromatic carbocycles. The van der Waals surface area contributed by atoms with Crippen LogP contribution in [0.4, 0.5) is 0 Å². The molecule has 0 aromatic heterocycles. The van der Waals surface area contributed by atoms with Crippen molar-refractivity contribution < 1.29 is 4.74 Å². The third-order valence-electron chi connectivity index (χ3n) is 7.02. The molecule has 4 rings (SSSR count). The van der Waals surface area contributed by atoms with E-state index in [1.807, 2.05) is 24.3 Å². The fraction of sp³-hybridized carbons (Fsp3) is 0.538. The molecule has 162 valence electrons. The third-order valence-corrected chi connectivity index (χ3v) is 7.32. The van der Waals surface area contributed by atoms with Gasteiger partial charge in [-0.15, -0.1) is 0 Å². The average molecular weight is 427 g/mol. The van der Waals surface area contributed by atoms with Crippen molar-refractivity contribution in [3.63, 3.8) is 0 Å². The Labute approximate surface area is 186 Å². The fourth-order valence-electron chi connectivity index (χ4n) is 5.21. The van der Waals surface area contributed by atoms with Crippen molar-refractivity contribution in [3.8, 4) is 5.75 Å². The molecule has 4 heteroatoms. The molecule has 1 saturated heterocycles. The van der Waals surface area contributed by atoms with Crippen molar-refractivity contribution in [1.82, 2.24) is 4.90 Å². The molecule has 0 bridgehead atoms. The van der Waals surface area contributed by atoms with Gasteiger partial charge in [-0.2, -0.15) is 0 Å². The minimum atomic E-state index is -0.139. The van der Waals surface area contributed by atoms with Crippen LogP contribution >= 0.6 is 11.6 Å². The number of benzene rings is 2. The van der Waals surface area contributed by atoms with E-state index < -0.39 is 0 Å². The van der Waals surface area contributed by atoms with Crippen LogP contribution in [-0.2, 0) is 6.61 Å². The summed E-state index contributed by atoms with van der Waals surface area (Å²) in [4.78, 5) is 2.60. The minimum Gasteiger partial charge on any atom is -0.487 e. The molecule has 2 atom stereocenters. The maximum absolute atomic E-state index is 7.07. The minimum absolute atomic E-state index is 0.139. The van der Waals surface area contributed by atoms with Gasteiger partial charge in [0.25, 0.3) is 0 Å². The van der Waals surface area contributed by atoms with Crippen molar-refractivity contribution in [3.05, 3.63) is 64.7 Å². The second-order valence-electron chi connectivity index (χ2n) is 9.46. The number of halogens is 1. The first-order valence-electron chi connectivity index (χ1n) is 11.5. The molecule has 2 aliphatic rings. The molecule has 0 amide bonds. The predicted octanol–water partition coefficient (Wildman–Crippen LogP) is 6.01. The molecular weight excluding hydrogens is 392 g/mol.